The average molecular weight is 215 g/mol. The van der Waals surface area contributed by atoms with E-state index in [-0.39, 0.29) is 16.3 Å². The Bertz CT molecular complexity index is 378. The summed E-state index contributed by atoms with van der Waals surface area (Å²) in [7, 11) is 0. The predicted octanol–water partition coefficient (Wildman–Crippen LogP) is 1.66. The van der Waals surface area contributed by atoms with Crippen LogP contribution in [-0.4, -0.2) is 10.8 Å². The summed E-state index contributed by atoms with van der Waals surface area (Å²) in [5.74, 6) is -0.701. The molecule has 1 aromatic carbocycles. The third kappa shape index (κ3) is 1.82. The van der Waals surface area contributed by atoms with E-state index in [2.05, 4.69) is 0 Å². The molecule has 74 valence electrons. The maximum atomic E-state index is 10.8. The zero-order valence-electron chi connectivity index (χ0n) is 7.28. The first-order valence-corrected chi connectivity index (χ1v) is 4.05. The second-order valence-electron chi connectivity index (χ2n) is 2.74. The molecular weight excluding hydrogens is 208 g/mol. The van der Waals surface area contributed by atoms with Gasteiger partial charge in [-0.05, 0) is 13.0 Å². The maximum absolute atomic E-state index is 10.8. The van der Waals surface area contributed by atoms with Crippen molar-refractivity contribution in [2.75, 3.05) is 0 Å². The summed E-state index contributed by atoms with van der Waals surface area (Å²) in [5.41, 5.74) is 5.34. The molecule has 1 amide bonds. The van der Waals surface area contributed by atoms with Gasteiger partial charge in [0.2, 0.25) is 5.91 Å². The highest BCUT2D eigenvalue weighted by atomic mass is 35.5. The van der Waals surface area contributed by atoms with Crippen molar-refractivity contribution in [1.29, 1.82) is 0 Å². The Morgan fingerprint density at radius 2 is 2.14 bits per heavy atom. The van der Waals surface area contributed by atoms with Crippen molar-refractivity contribution in [2.24, 2.45) is 5.73 Å². The van der Waals surface area contributed by atoms with Crippen LogP contribution in [0.4, 0.5) is 5.69 Å². The zero-order chi connectivity index (χ0) is 10.9. The van der Waals surface area contributed by atoms with Crippen LogP contribution in [0.5, 0.6) is 0 Å². The number of primary amides is 1. The van der Waals surface area contributed by atoms with Crippen molar-refractivity contribution < 1.29 is 9.72 Å². The van der Waals surface area contributed by atoms with Gasteiger partial charge in [0.15, 0.2) is 0 Å². The number of benzene rings is 1. The lowest BCUT2D eigenvalue weighted by Gasteiger charge is -2.02. The van der Waals surface area contributed by atoms with E-state index in [1.807, 2.05) is 0 Å². The van der Waals surface area contributed by atoms with Gasteiger partial charge in [-0.2, -0.15) is 0 Å². The van der Waals surface area contributed by atoms with Crippen LogP contribution in [0.15, 0.2) is 12.1 Å². The molecular formula is C8H7ClN2O3. The molecule has 14 heavy (non-hydrogen) atoms. The van der Waals surface area contributed by atoms with Crippen molar-refractivity contribution in [1.82, 2.24) is 0 Å². The lowest BCUT2D eigenvalue weighted by molar-refractivity contribution is -0.385. The fraction of sp³-hybridized carbons (Fsp3) is 0.125. The second kappa shape index (κ2) is 3.63. The van der Waals surface area contributed by atoms with Gasteiger partial charge in [-0.1, -0.05) is 11.6 Å². The van der Waals surface area contributed by atoms with Crippen LogP contribution >= 0.6 is 11.6 Å². The molecule has 0 fully saturated rings. The minimum absolute atomic E-state index is 0.00481. The zero-order valence-corrected chi connectivity index (χ0v) is 8.04. The molecule has 0 aliphatic carbocycles. The minimum atomic E-state index is -0.701. The monoisotopic (exact) mass is 214 g/mol. The third-order valence-electron chi connectivity index (χ3n) is 1.75. The predicted molar refractivity (Wildman–Crippen MR) is 51.4 cm³/mol. The van der Waals surface area contributed by atoms with E-state index in [1.54, 1.807) is 0 Å². The summed E-state index contributed by atoms with van der Waals surface area (Å²) < 4.78 is 0. The molecule has 0 spiro atoms. The van der Waals surface area contributed by atoms with E-state index >= 15 is 0 Å². The van der Waals surface area contributed by atoms with E-state index < -0.39 is 10.8 Å². The Balaban J connectivity index is 3.38. The molecule has 0 aliphatic heterocycles. The number of nitro benzene ring substituents is 1. The summed E-state index contributed by atoms with van der Waals surface area (Å²) in [6.07, 6.45) is 0. The number of rotatable bonds is 2. The van der Waals surface area contributed by atoms with E-state index in [0.29, 0.717) is 5.56 Å². The second-order valence-corrected chi connectivity index (χ2v) is 3.15. The smallest absolute Gasteiger partial charge is 0.273 e. The fourth-order valence-corrected chi connectivity index (χ4v) is 1.31. The lowest BCUT2D eigenvalue weighted by Crippen LogP contribution is -2.12. The standard InChI is InChI=1S/C8H7ClN2O3/c1-4-2-5(8(10)12)6(9)3-7(4)11(13)14/h2-3H,1H3,(H2,10,12). The number of hydrogen-bond acceptors (Lipinski definition) is 3. The first-order valence-electron chi connectivity index (χ1n) is 3.68. The molecule has 0 saturated heterocycles. The van der Waals surface area contributed by atoms with E-state index in [0.717, 1.165) is 6.07 Å². The average Bonchev–Trinajstić information content (AvgIpc) is 2.07. The van der Waals surface area contributed by atoms with Crippen LogP contribution < -0.4 is 5.73 Å². The highest BCUT2D eigenvalue weighted by Gasteiger charge is 2.16. The quantitative estimate of drug-likeness (QED) is 0.600. The topological polar surface area (TPSA) is 86.2 Å². The molecule has 1 aromatic rings. The molecule has 0 atom stereocenters. The van der Waals surface area contributed by atoms with Crippen LogP contribution in [-0.2, 0) is 0 Å². The third-order valence-corrected chi connectivity index (χ3v) is 2.06. The van der Waals surface area contributed by atoms with Crippen LogP contribution in [0.1, 0.15) is 15.9 Å². The number of hydrogen-bond donors (Lipinski definition) is 1. The highest BCUT2D eigenvalue weighted by Crippen LogP contribution is 2.26. The van der Waals surface area contributed by atoms with Gasteiger partial charge in [-0.25, -0.2) is 0 Å². The molecule has 1 rings (SSSR count). The Morgan fingerprint density at radius 3 is 2.57 bits per heavy atom. The van der Waals surface area contributed by atoms with Crippen molar-refractivity contribution >= 4 is 23.2 Å². The largest absolute Gasteiger partial charge is 0.366 e. The SMILES string of the molecule is Cc1cc(C(N)=O)c(Cl)cc1[N+](=O)[O-]. The number of halogens is 1. The number of amides is 1. The summed E-state index contributed by atoms with van der Waals surface area (Å²) in [6.45, 7) is 1.51. The minimum Gasteiger partial charge on any atom is -0.366 e. The summed E-state index contributed by atoms with van der Waals surface area (Å²) in [6, 6.07) is 2.43. The first-order chi connectivity index (χ1) is 6.43. The Kier molecular flexibility index (Phi) is 2.71. The van der Waals surface area contributed by atoms with Gasteiger partial charge in [0.1, 0.15) is 0 Å². The lowest BCUT2D eigenvalue weighted by atomic mass is 10.1. The molecule has 0 aromatic heterocycles. The van der Waals surface area contributed by atoms with Crippen LogP contribution in [0.25, 0.3) is 0 Å². The van der Waals surface area contributed by atoms with Gasteiger partial charge >= 0.3 is 0 Å². The Morgan fingerprint density at radius 1 is 1.57 bits per heavy atom. The van der Waals surface area contributed by atoms with Gasteiger partial charge < -0.3 is 5.73 Å². The summed E-state index contributed by atoms with van der Waals surface area (Å²) >= 11 is 5.64. The van der Waals surface area contributed by atoms with Crippen LogP contribution in [0, 0.1) is 17.0 Å². The number of nitrogens with two attached hydrogens (primary N) is 1. The van der Waals surface area contributed by atoms with Crippen molar-refractivity contribution in [3.63, 3.8) is 0 Å². The number of nitro groups is 1. The summed E-state index contributed by atoms with van der Waals surface area (Å²) in [5, 5.41) is 10.5. The van der Waals surface area contributed by atoms with Crippen molar-refractivity contribution in [2.45, 2.75) is 6.92 Å². The molecule has 0 aliphatic rings. The van der Waals surface area contributed by atoms with Gasteiger partial charge in [-0.15, -0.1) is 0 Å². The first kappa shape index (κ1) is 10.5. The van der Waals surface area contributed by atoms with Gasteiger partial charge in [0.25, 0.3) is 5.69 Å². The van der Waals surface area contributed by atoms with E-state index in [4.69, 9.17) is 17.3 Å². The van der Waals surface area contributed by atoms with Crippen molar-refractivity contribution in [3.8, 4) is 0 Å². The molecule has 0 unspecified atom stereocenters. The van der Waals surface area contributed by atoms with Crippen LogP contribution in [0.3, 0.4) is 0 Å². The van der Waals surface area contributed by atoms with Gasteiger partial charge in [0, 0.05) is 11.6 Å². The Hall–Kier alpha value is -1.62. The highest BCUT2D eigenvalue weighted by molar-refractivity contribution is 6.34. The molecule has 0 saturated carbocycles. The van der Waals surface area contributed by atoms with E-state index in [1.165, 1.54) is 13.0 Å². The number of carbonyl (C=O) groups excluding carboxylic acids is 1. The molecule has 2 N–H and O–H groups in total. The number of nitrogens with zero attached hydrogens (tertiary/aromatic N) is 1. The molecule has 6 heteroatoms. The molecule has 0 bridgehead atoms. The fourth-order valence-electron chi connectivity index (χ4n) is 1.06. The van der Waals surface area contributed by atoms with Gasteiger partial charge in [0.05, 0.1) is 15.5 Å². The Labute approximate surface area is 84.6 Å². The number of carbonyl (C=O) groups is 1. The van der Waals surface area contributed by atoms with Crippen LogP contribution in [0.2, 0.25) is 5.02 Å². The van der Waals surface area contributed by atoms with Gasteiger partial charge in [-0.3, -0.25) is 14.9 Å². The normalized spacial score (nSPS) is 9.86. The van der Waals surface area contributed by atoms with E-state index in [9.17, 15) is 14.9 Å². The molecule has 0 radical (unpaired) electrons. The maximum Gasteiger partial charge on any atom is 0.273 e. The molecule has 0 heterocycles. The number of aryl methyl sites for hydroxylation is 1. The molecule has 5 nitrogen and oxygen atoms in total. The van der Waals surface area contributed by atoms with Crippen molar-refractivity contribution in [3.05, 3.63) is 38.4 Å². The summed E-state index contributed by atoms with van der Waals surface area (Å²) in [4.78, 5) is 20.7.